The van der Waals surface area contributed by atoms with Crippen molar-refractivity contribution in [3.05, 3.63) is 12.2 Å². The molecule has 1 saturated carbocycles. The van der Waals surface area contributed by atoms with Gasteiger partial charge >= 0.3 is 0 Å². The van der Waals surface area contributed by atoms with Gasteiger partial charge in [0.2, 0.25) is 0 Å². The Labute approximate surface area is 71.2 Å². The number of hydrogen-bond donors (Lipinski definition) is 1. The van der Waals surface area contributed by atoms with Crippen LogP contribution in [-0.4, -0.2) is 25.5 Å². The summed E-state index contributed by atoms with van der Waals surface area (Å²) in [6, 6.07) is 0. The first-order chi connectivity index (χ1) is 5.73. The predicted molar refractivity (Wildman–Crippen MR) is 43.6 cm³/mol. The summed E-state index contributed by atoms with van der Waals surface area (Å²) >= 11 is 0. The van der Waals surface area contributed by atoms with Crippen LogP contribution in [0, 0.1) is 0 Å². The topological polar surface area (TPSA) is 50.9 Å². The molecule has 0 radical (unpaired) electrons. The van der Waals surface area contributed by atoms with Gasteiger partial charge in [0.1, 0.15) is 12.2 Å². The molecule has 1 aliphatic carbocycles. The van der Waals surface area contributed by atoms with E-state index in [-0.39, 0.29) is 0 Å². The maximum absolute atomic E-state index is 9.64. The number of nitrogens with zero attached hydrogens (tertiary/aromatic N) is 3. The summed E-state index contributed by atoms with van der Waals surface area (Å²) in [5.41, 5.74) is -0.458. The molecule has 66 valence electrons. The van der Waals surface area contributed by atoms with E-state index >= 15 is 0 Å². The summed E-state index contributed by atoms with van der Waals surface area (Å²) in [5, 5.41) is 13.7. The highest BCUT2D eigenvalue weighted by Gasteiger charge is 2.41. The molecule has 4 heteroatoms. The first-order valence-corrected chi connectivity index (χ1v) is 4.32. The summed E-state index contributed by atoms with van der Waals surface area (Å²) in [6.45, 7) is 2.85. The molecule has 2 rings (SSSR count). The summed E-state index contributed by atoms with van der Waals surface area (Å²) in [4.78, 5) is 4.10. The second kappa shape index (κ2) is 2.55. The molecule has 0 unspecified atom stereocenters. The number of rotatable bonds is 3. The second-order valence-electron chi connectivity index (χ2n) is 3.39. The molecule has 1 N–H and O–H groups in total. The highest BCUT2D eigenvalue weighted by Crippen LogP contribution is 2.37. The van der Waals surface area contributed by atoms with Crippen molar-refractivity contribution in [1.29, 1.82) is 0 Å². The van der Waals surface area contributed by atoms with Gasteiger partial charge in [0, 0.05) is 13.0 Å². The maximum atomic E-state index is 9.64. The van der Waals surface area contributed by atoms with Crippen LogP contribution in [0.2, 0.25) is 0 Å². The molecule has 1 heterocycles. The highest BCUT2D eigenvalue weighted by molar-refractivity contribution is 5.02. The minimum atomic E-state index is -0.458. The van der Waals surface area contributed by atoms with E-state index in [1.807, 2.05) is 11.6 Å². The third-order valence-electron chi connectivity index (χ3n) is 2.31. The molecule has 1 aliphatic rings. The Bertz CT molecular complexity index is 278. The fraction of sp³-hybridized carbons (Fsp3) is 0.750. The van der Waals surface area contributed by atoms with E-state index in [0.717, 1.165) is 25.2 Å². The van der Waals surface area contributed by atoms with Gasteiger partial charge in [0.25, 0.3) is 0 Å². The van der Waals surface area contributed by atoms with Gasteiger partial charge in [-0.2, -0.15) is 5.10 Å². The molecule has 1 aromatic rings. The predicted octanol–water partition coefficient (Wildman–Crippen LogP) is 0.365. The Morgan fingerprint density at radius 2 is 2.42 bits per heavy atom. The Kier molecular flexibility index (Phi) is 1.65. The fourth-order valence-electron chi connectivity index (χ4n) is 1.30. The Morgan fingerprint density at radius 1 is 1.67 bits per heavy atom. The van der Waals surface area contributed by atoms with Gasteiger partial charge in [0.05, 0.1) is 5.60 Å². The van der Waals surface area contributed by atoms with Crippen LogP contribution in [0.25, 0.3) is 0 Å². The Balaban J connectivity index is 2.11. The lowest BCUT2D eigenvalue weighted by atomic mass is 10.2. The first kappa shape index (κ1) is 7.73. The van der Waals surface area contributed by atoms with Crippen LogP contribution in [0.3, 0.4) is 0 Å². The molecule has 0 bridgehead atoms. The summed E-state index contributed by atoms with van der Waals surface area (Å²) in [6.07, 6.45) is 4.01. The molecule has 0 aliphatic heterocycles. The maximum Gasteiger partial charge on any atom is 0.138 e. The zero-order valence-electron chi connectivity index (χ0n) is 7.19. The lowest BCUT2D eigenvalue weighted by Gasteiger charge is -2.06. The Hall–Kier alpha value is -0.900. The third kappa shape index (κ3) is 1.34. The Morgan fingerprint density at radius 3 is 3.00 bits per heavy atom. The summed E-state index contributed by atoms with van der Waals surface area (Å²) < 4.78 is 1.83. The number of aliphatic hydroxyl groups is 1. The van der Waals surface area contributed by atoms with Gasteiger partial charge in [-0.05, 0) is 19.8 Å². The monoisotopic (exact) mass is 167 g/mol. The zero-order chi connectivity index (χ0) is 8.60. The molecule has 0 saturated heterocycles. The van der Waals surface area contributed by atoms with Crippen LogP contribution in [0.1, 0.15) is 25.6 Å². The van der Waals surface area contributed by atoms with Crippen molar-refractivity contribution in [1.82, 2.24) is 14.8 Å². The third-order valence-corrected chi connectivity index (χ3v) is 2.31. The second-order valence-corrected chi connectivity index (χ2v) is 3.39. The van der Waals surface area contributed by atoms with E-state index in [0.29, 0.717) is 6.42 Å². The standard InChI is InChI=1S/C8H13N3O/c1-2-11-7(9-6-10-11)5-8(12)3-4-8/h6,12H,2-5H2,1H3. The van der Waals surface area contributed by atoms with Gasteiger partial charge in [-0.15, -0.1) is 0 Å². The van der Waals surface area contributed by atoms with Crippen LogP contribution >= 0.6 is 0 Å². The zero-order valence-corrected chi connectivity index (χ0v) is 7.19. The van der Waals surface area contributed by atoms with Gasteiger partial charge in [-0.1, -0.05) is 0 Å². The molecular formula is C8H13N3O. The summed E-state index contributed by atoms with van der Waals surface area (Å²) in [7, 11) is 0. The van der Waals surface area contributed by atoms with E-state index in [1.54, 1.807) is 6.33 Å². The van der Waals surface area contributed by atoms with Crippen molar-refractivity contribution < 1.29 is 5.11 Å². The van der Waals surface area contributed by atoms with Gasteiger partial charge in [0.15, 0.2) is 0 Å². The quantitative estimate of drug-likeness (QED) is 0.707. The van der Waals surface area contributed by atoms with E-state index in [4.69, 9.17) is 0 Å². The van der Waals surface area contributed by atoms with Gasteiger partial charge < -0.3 is 5.11 Å². The molecule has 12 heavy (non-hydrogen) atoms. The number of aromatic nitrogens is 3. The van der Waals surface area contributed by atoms with Crippen molar-refractivity contribution in [3.63, 3.8) is 0 Å². The minimum absolute atomic E-state index is 0.458. The van der Waals surface area contributed by atoms with Crippen LogP contribution in [0.15, 0.2) is 6.33 Å². The lowest BCUT2D eigenvalue weighted by Crippen LogP contribution is -2.15. The van der Waals surface area contributed by atoms with E-state index in [1.165, 1.54) is 0 Å². The smallest absolute Gasteiger partial charge is 0.138 e. The van der Waals surface area contributed by atoms with Crippen LogP contribution < -0.4 is 0 Å². The molecule has 0 aromatic carbocycles. The van der Waals surface area contributed by atoms with E-state index in [9.17, 15) is 5.11 Å². The van der Waals surface area contributed by atoms with E-state index < -0.39 is 5.60 Å². The highest BCUT2D eigenvalue weighted by atomic mass is 16.3. The molecule has 4 nitrogen and oxygen atoms in total. The van der Waals surface area contributed by atoms with Gasteiger partial charge in [-0.25, -0.2) is 4.98 Å². The molecule has 1 aromatic heterocycles. The van der Waals surface area contributed by atoms with Crippen LogP contribution in [0.4, 0.5) is 0 Å². The average molecular weight is 167 g/mol. The number of hydrogen-bond acceptors (Lipinski definition) is 3. The van der Waals surface area contributed by atoms with Crippen molar-refractivity contribution in [3.8, 4) is 0 Å². The minimum Gasteiger partial charge on any atom is -0.389 e. The molecule has 1 fully saturated rings. The summed E-state index contributed by atoms with van der Waals surface area (Å²) in [5.74, 6) is 0.900. The van der Waals surface area contributed by atoms with Crippen molar-refractivity contribution in [2.75, 3.05) is 0 Å². The van der Waals surface area contributed by atoms with Crippen LogP contribution in [0.5, 0.6) is 0 Å². The molecule has 0 atom stereocenters. The van der Waals surface area contributed by atoms with Gasteiger partial charge in [-0.3, -0.25) is 4.68 Å². The van der Waals surface area contributed by atoms with Crippen molar-refractivity contribution in [2.45, 2.75) is 38.3 Å². The number of aryl methyl sites for hydroxylation is 1. The molecular weight excluding hydrogens is 154 g/mol. The largest absolute Gasteiger partial charge is 0.389 e. The lowest BCUT2D eigenvalue weighted by molar-refractivity contribution is 0.147. The fourth-order valence-corrected chi connectivity index (χ4v) is 1.30. The normalized spacial score (nSPS) is 19.5. The first-order valence-electron chi connectivity index (χ1n) is 4.32. The average Bonchev–Trinajstić information content (AvgIpc) is 2.64. The molecule has 0 amide bonds. The van der Waals surface area contributed by atoms with Crippen molar-refractivity contribution >= 4 is 0 Å². The van der Waals surface area contributed by atoms with E-state index in [2.05, 4.69) is 10.1 Å². The van der Waals surface area contributed by atoms with Crippen LogP contribution in [-0.2, 0) is 13.0 Å². The molecule has 0 spiro atoms. The SMILES string of the molecule is CCn1ncnc1CC1(O)CC1. The van der Waals surface area contributed by atoms with Crippen molar-refractivity contribution in [2.24, 2.45) is 0 Å².